The fourth-order valence-corrected chi connectivity index (χ4v) is 3.26. The lowest BCUT2D eigenvalue weighted by Gasteiger charge is -2.44. The van der Waals surface area contributed by atoms with E-state index in [4.69, 9.17) is 0 Å². The van der Waals surface area contributed by atoms with Gasteiger partial charge in [0.15, 0.2) is 0 Å². The van der Waals surface area contributed by atoms with Crippen molar-refractivity contribution in [1.29, 1.82) is 0 Å². The molecule has 0 aromatic heterocycles. The van der Waals surface area contributed by atoms with Gasteiger partial charge < -0.3 is 5.32 Å². The second-order valence-electron chi connectivity index (χ2n) is 5.60. The van der Waals surface area contributed by atoms with Crippen molar-refractivity contribution in [3.63, 3.8) is 0 Å². The Kier molecular flexibility index (Phi) is 2.49. The molecular weight excluding hydrogens is 186 g/mol. The maximum absolute atomic E-state index is 3.46. The van der Waals surface area contributed by atoms with Gasteiger partial charge in [0, 0.05) is 31.2 Å². The molecule has 0 aromatic carbocycles. The first-order valence-electron chi connectivity index (χ1n) is 6.46. The Hall–Kier alpha value is -0.120. The quantitative estimate of drug-likeness (QED) is 0.679. The zero-order chi connectivity index (χ0) is 10.3. The Morgan fingerprint density at radius 1 is 1.13 bits per heavy atom. The molecule has 3 rings (SSSR count). The predicted molar refractivity (Wildman–Crippen MR) is 62.1 cm³/mol. The molecule has 3 heteroatoms. The molecule has 3 aliphatic rings. The second-order valence-corrected chi connectivity index (χ2v) is 5.60. The monoisotopic (exact) mass is 209 g/mol. The van der Waals surface area contributed by atoms with Crippen LogP contribution in [0.2, 0.25) is 0 Å². The van der Waals surface area contributed by atoms with Crippen LogP contribution in [0.4, 0.5) is 0 Å². The molecule has 15 heavy (non-hydrogen) atoms. The molecule has 1 spiro atoms. The Bertz CT molecular complexity index is 231. The summed E-state index contributed by atoms with van der Waals surface area (Å²) in [6.07, 6.45) is 5.59. The maximum atomic E-state index is 3.46. The number of likely N-dealkylation sites (N-methyl/N-ethyl adjacent to an activating group) is 1. The highest BCUT2D eigenvalue weighted by molar-refractivity contribution is 5.08. The summed E-state index contributed by atoms with van der Waals surface area (Å²) in [7, 11) is 2.31. The first kappa shape index (κ1) is 10.1. The van der Waals surface area contributed by atoms with E-state index in [1.54, 1.807) is 0 Å². The van der Waals surface area contributed by atoms with Crippen LogP contribution in [0.5, 0.6) is 0 Å². The van der Waals surface area contributed by atoms with Crippen molar-refractivity contribution in [2.75, 3.05) is 39.8 Å². The van der Waals surface area contributed by atoms with Gasteiger partial charge in [0.1, 0.15) is 0 Å². The standard InChI is InChI=1S/C12H23N3/c1-14-8-9-15(10-12(14)4-5-12)11-2-6-13-7-3-11/h11,13H,2-10H2,1H3. The van der Waals surface area contributed by atoms with E-state index in [0.717, 1.165) is 6.04 Å². The third-order valence-electron chi connectivity index (χ3n) is 4.68. The van der Waals surface area contributed by atoms with E-state index in [2.05, 4.69) is 22.2 Å². The summed E-state index contributed by atoms with van der Waals surface area (Å²) in [6.45, 7) is 6.37. The highest BCUT2D eigenvalue weighted by Gasteiger charge is 2.50. The smallest absolute Gasteiger partial charge is 0.0335 e. The van der Waals surface area contributed by atoms with Gasteiger partial charge in [0.25, 0.3) is 0 Å². The minimum atomic E-state index is 0.600. The molecule has 0 aromatic rings. The zero-order valence-corrected chi connectivity index (χ0v) is 9.84. The van der Waals surface area contributed by atoms with Gasteiger partial charge in [-0.05, 0) is 45.8 Å². The van der Waals surface area contributed by atoms with Crippen LogP contribution in [-0.4, -0.2) is 61.2 Å². The number of piperidine rings is 1. The minimum Gasteiger partial charge on any atom is -0.317 e. The molecule has 0 unspecified atom stereocenters. The third kappa shape index (κ3) is 1.81. The van der Waals surface area contributed by atoms with E-state index < -0.39 is 0 Å². The summed E-state index contributed by atoms with van der Waals surface area (Å²) >= 11 is 0. The normalized spacial score (nSPS) is 33.4. The van der Waals surface area contributed by atoms with Crippen molar-refractivity contribution in [3.8, 4) is 0 Å². The molecule has 2 saturated heterocycles. The highest BCUT2D eigenvalue weighted by Crippen LogP contribution is 2.43. The highest BCUT2D eigenvalue weighted by atomic mass is 15.3. The van der Waals surface area contributed by atoms with E-state index in [-0.39, 0.29) is 0 Å². The molecule has 0 atom stereocenters. The van der Waals surface area contributed by atoms with Gasteiger partial charge in [0.05, 0.1) is 0 Å². The lowest BCUT2D eigenvalue weighted by molar-refractivity contribution is 0.0414. The van der Waals surface area contributed by atoms with Crippen molar-refractivity contribution in [2.24, 2.45) is 0 Å². The fraction of sp³-hybridized carbons (Fsp3) is 1.00. The Labute approximate surface area is 92.8 Å². The van der Waals surface area contributed by atoms with E-state index in [1.165, 1.54) is 58.4 Å². The molecule has 0 radical (unpaired) electrons. The molecule has 1 N–H and O–H groups in total. The molecule has 0 amide bonds. The topological polar surface area (TPSA) is 18.5 Å². The molecule has 3 nitrogen and oxygen atoms in total. The van der Waals surface area contributed by atoms with Crippen molar-refractivity contribution in [3.05, 3.63) is 0 Å². The van der Waals surface area contributed by atoms with E-state index in [9.17, 15) is 0 Å². The van der Waals surface area contributed by atoms with E-state index in [0.29, 0.717) is 5.54 Å². The second kappa shape index (κ2) is 3.72. The maximum Gasteiger partial charge on any atom is 0.0335 e. The Morgan fingerprint density at radius 2 is 1.87 bits per heavy atom. The molecular formula is C12H23N3. The molecule has 1 saturated carbocycles. The first-order valence-corrected chi connectivity index (χ1v) is 6.46. The van der Waals surface area contributed by atoms with Crippen LogP contribution in [0.3, 0.4) is 0 Å². The summed E-state index contributed by atoms with van der Waals surface area (Å²) in [4.78, 5) is 5.37. The SMILES string of the molecule is CN1CCN(C2CCNCC2)CC12CC2. The van der Waals surface area contributed by atoms with Crippen LogP contribution in [0.15, 0.2) is 0 Å². The van der Waals surface area contributed by atoms with Gasteiger partial charge in [-0.15, -0.1) is 0 Å². The van der Waals surface area contributed by atoms with Crippen molar-refractivity contribution >= 4 is 0 Å². The molecule has 3 fully saturated rings. The van der Waals surface area contributed by atoms with Gasteiger partial charge in [-0.25, -0.2) is 0 Å². The van der Waals surface area contributed by atoms with E-state index in [1.807, 2.05) is 0 Å². The molecule has 2 heterocycles. The average molecular weight is 209 g/mol. The van der Waals surface area contributed by atoms with Crippen molar-refractivity contribution in [2.45, 2.75) is 37.3 Å². The molecule has 0 bridgehead atoms. The lowest BCUT2D eigenvalue weighted by atomic mass is 10.0. The van der Waals surface area contributed by atoms with Gasteiger partial charge in [-0.3, -0.25) is 9.80 Å². The largest absolute Gasteiger partial charge is 0.317 e. The zero-order valence-electron chi connectivity index (χ0n) is 9.84. The third-order valence-corrected chi connectivity index (χ3v) is 4.68. The van der Waals surface area contributed by atoms with Crippen LogP contribution in [0.25, 0.3) is 0 Å². The van der Waals surface area contributed by atoms with Crippen LogP contribution in [0, 0.1) is 0 Å². The number of piperazine rings is 1. The number of hydrogen-bond acceptors (Lipinski definition) is 3. The van der Waals surface area contributed by atoms with Crippen LogP contribution < -0.4 is 5.32 Å². The van der Waals surface area contributed by atoms with Crippen LogP contribution in [-0.2, 0) is 0 Å². The summed E-state index contributed by atoms with van der Waals surface area (Å²) in [5.41, 5.74) is 0.600. The Balaban J connectivity index is 1.62. The van der Waals surface area contributed by atoms with Crippen molar-refractivity contribution < 1.29 is 0 Å². The lowest BCUT2D eigenvalue weighted by Crippen LogP contribution is -2.57. The number of rotatable bonds is 1. The van der Waals surface area contributed by atoms with Gasteiger partial charge >= 0.3 is 0 Å². The van der Waals surface area contributed by atoms with Gasteiger partial charge in [0.2, 0.25) is 0 Å². The Morgan fingerprint density at radius 3 is 2.53 bits per heavy atom. The van der Waals surface area contributed by atoms with Gasteiger partial charge in [-0.2, -0.15) is 0 Å². The van der Waals surface area contributed by atoms with Crippen LogP contribution >= 0.6 is 0 Å². The van der Waals surface area contributed by atoms with Crippen LogP contribution in [0.1, 0.15) is 25.7 Å². The summed E-state index contributed by atoms with van der Waals surface area (Å²) in [5, 5.41) is 3.46. The number of nitrogens with zero attached hydrogens (tertiary/aromatic N) is 2. The van der Waals surface area contributed by atoms with E-state index >= 15 is 0 Å². The average Bonchev–Trinajstić information content (AvgIpc) is 3.05. The molecule has 1 aliphatic carbocycles. The summed E-state index contributed by atoms with van der Waals surface area (Å²) < 4.78 is 0. The molecule has 86 valence electrons. The predicted octanol–water partition coefficient (Wildman–Crippen LogP) is 0.518. The summed E-state index contributed by atoms with van der Waals surface area (Å²) in [6, 6.07) is 0.873. The van der Waals surface area contributed by atoms with Crippen molar-refractivity contribution in [1.82, 2.24) is 15.1 Å². The summed E-state index contributed by atoms with van der Waals surface area (Å²) in [5.74, 6) is 0. The fourth-order valence-electron chi connectivity index (χ4n) is 3.26. The number of hydrogen-bond donors (Lipinski definition) is 1. The first-order chi connectivity index (χ1) is 7.30. The molecule has 2 aliphatic heterocycles. The number of nitrogens with one attached hydrogen (secondary N) is 1. The van der Waals surface area contributed by atoms with Gasteiger partial charge in [-0.1, -0.05) is 0 Å². The minimum absolute atomic E-state index is 0.600.